The van der Waals surface area contributed by atoms with Gasteiger partial charge in [-0.25, -0.2) is 13.1 Å². The van der Waals surface area contributed by atoms with Gasteiger partial charge in [-0.1, -0.05) is 6.92 Å². The minimum atomic E-state index is -3.43. The predicted octanol–water partition coefficient (Wildman–Crippen LogP) is 0.0282. The number of nitrogens with zero attached hydrogens (tertiary/aromatic N) is 2. The van der Waals surface area contributed by atoms with Crippen molar-refractivity contribution < 1.29 is 8.42 Å². The van der Waals surface area contributed by atoms with Crippen LogP contribution in [-0.4, -0.2) is 49.7 Å². The Morgan fingerprint density at radius 3 is 2.94 bits per heavy atom. The number of hydrogen-bond donors (Lipinski definition) is 2. The summed E-state index contributed by atoms with van der Waals surface area (Å²) in [4.78, 5) is 2.41. The van der Waals surface area contributed by atoms with Gasteiger partial charge in [-0.15, -0.1) is 0 Å². The number of likely N-dealkylation sites (tertiary alicyclic amines) is 1. The van der Waals surface area contributed by atoms with Crippen molar-refractivity contribution in [1.82, 2.24) is 19.8 Å². The number of piperidine rings is 1. The number of rotatable bonds is 3. The molecule has 2 unspecified atom stereocenters. The van der Waals surface area contributed by atoms with E-state index in [0.717, 1.165) is 19.5 Å². The summed E-state index contributed by atoms with van der Waals surface area (Å²) in [5.41, 5.74) is 0. The van der Waals surface area contributed by atoms with Gasteiger partial charge in [0.25, 0.3) is 0 Å². The number of hydrogen-bond acceptors (Lipinski definition) is 4. The van der Waals surface area contributed by atoms with Crippen LogP contribution in [0.1, 0.15) is 13.3 Å². The fourth-order valence-electron chi connectivity index (χ4n) is 2.18. The van der Waals surface area contributed by atoms with E-state index in [1.54, 1.807) is 0 Å². The SMILES string of the molecule is CC1CN(C)CCC1NS(=O)(=O)c1cn[nH]c1. The second-order valence-corrected chi connectivity index (χ2v) is 6.40. The van der Waals surface area contributed by atoms with Crippen molar-refractivity contribution in [2.24, 2.45) is 5.92 Å². The average Bonchev–Trinajstić information content (AvgIpc) is 2.76. The summed E-state index contributed by atoms with van der Waals surface area (Å²) in [5, 5.41) is 6.17. The highest BCUT2D eigenvalue weighted by molar-refractivity contribution is 7.89. The van der Waals surface area contributed by atoms with Crippen molar-refractivity contribution in [1.29, 1.82) is 0 Å². The lowest BCUT2D eigenvalue weighted by molar-refractivity contribution is 0.188. The molecule has 0 aliphatic carbocycles. The molecular formula is C10H18N4O2S. The van der Waals surface area contributed by atoms with E-state index in [9.17, 15) is 8.42 Å². The molecule has 1 saturated heterocycles. The summed E-state index contributed by atoms with van der Waals surface area (Å²) in [7, 11) is -1.38. The van der Waals surface area contributed by atoms with E-state index in [1.165, 1.54) is 12.4 Å². The molecule has 17 heavy (non-hydrogen) atoms. The molecule has 0 spiro atoms. The van der Waals surface area contributed by atoms with Crippen LogP contribution in [0.5, 0.6) is 0 Å². The molecule has 0 bridgehead atoms. The van der Waals surface area contributed by atoms with E-state index in [2.05, 4.69) is 33.8 Å². The Bertz CT molecular complexity index is 457. The van der Waals surface area contributed by atoms with Gasteiger partial charge in [-0.05, 0) is 25.9 Å². The van der Waals surface area contributed by atoms with Crippen LogP contribution in [0.25, 0.3) is 0 Å². The number of aromatic nitrogens is 2. The van der Waals surface area contributed by atoms with Crippen LogP contribution in [0.3, 0.4) is 0 Å². The normalized spacial score (nSPS) is 27.2. The Kier molecular flexibility index (Phi) is 3.50. The maximum atomic E-state index is 12.0. The number of sulfonamides is 1. The van der Waals surface area contributed by atoms with Gasteiger partial charge >= 0.3 is 0 Å². The second-order valence-electron chi connectivity index (χ2n) is 4.69. The minimum Gasteiger partial charge on any atom is -0.306 e. The highest BCUT2D eigenvalue weighted by Gasteiger charge is 2.28. The van der Waals surface area contributed by atoms with Crippen LogP contribution >= 0.6 is 0 Å². The van der Waals surface area contributed by atoms with Crippen LogP contribution in [-0.2, 0) is 10.0 Å². The molecule has 0 amide bonds. The molecule has 2 atom stereocenters. The molecule has 0 saturated carbocycles. The Morgan fingerprint density at radius 1 is 1.59 bits per heavy atom. The Morgan fingerprint density at radius 2 is 2.35 bits per heavy atom. The lowest BCUT2D eigenvalue weighted by atomic mass is 9.95. The molecular weight excluding hydrogens is 240 g/mol. The number of H-pyrrole nitrogens is 1. The summed E-state index contributed by atoms with van der Waals surface area (Å²) < 4.78 is 26.8. The highest BCUT2D eigenvalue weighted by atomic mass is 32.2. The molecule has 0 radical (unpaired) electrons. The second kappa shape index (κ2) is 4.75. The first-order chi connectivity index (χ1) is 7.99. The van der Waals surface area contributed by atoms with Crippen molar-refractivity contribution in [3.8, 4) is 0 Å². The molecule has 1 aromatic rings. The molecule has 96 valence electrons. The third-order valence-electron chi connectivity index (χ3n) is 3.20. The quantitative estimate of drug-likeness (QED) is 0.801. The van der Waals surface area contributed by atoms with Gasteiger partial charge in [0, 0.05) is 18.8 Å². The maximum Gasteiger partial charge on any atom is 0.243 e. The topological polar surface area (TPSA) is 78.1 Å². The van der Waals surface area contributed by atoms with Crippen molar-refractivity contribution in [2.45, 2.75) is 24.3 Å². The minimum absolute atomic E-state index is 0.00565. The fraction of sp³-hybridized carbons (Fsp3) is 0.700. The summed E-state index contributed by atoms with van der Waals surface area (Å²) >= 11 is 0. The molecule has 1 fully saturated rings. The summed E-state index contributed by atoms with van der Waals surface area (Å²) in [5.74, 6) is 0.315. The van der Waals surface area contributed by atoms with Gasteiger partial charge in [0.05, 0.1) is 6.20 Å². The van der Waals surface area contributed by atoms with Crippen molar-refractivity contribution in [3.05, 3.63) is 12.4 Å². The zero-order valence-electron chi connectivity index (χ0n) is 10.0. The van der Waals surface area contributed by atoms with E-state index in [-0.39, 0.29) is 10.9 Å². The first-order valence-electron chi connectivity index (χ1n) is 5.68. The smallest absolute Gasteiger partial charge is 0.243 e. The zero-order chi connectivity index (χ0) is 12.5. The molecule has 1 aliphatic rings. The molecule has 6 nitrogen and oxygen atoms in total. The Balaban J connectivity index is 2.06. The van der Waals surface area contributed by atoms with E-state index in [1.807, 2.05) is 0 Å². The molecule has 2 rings (SSSR count). The zero-order valence-corrected chi connectivity index (χ0v) is 10.9. The van der Waals surface area contributed by atoms with Crippen molar-refractivity contribution in [2.75, 3.05) is 20.1 Å². The summed E-state index contributed by atoms with van der Waals surface area (Å²) in [6.45, 7) is 3.90. The molecule has 2 N–H and O–H groups in total. The van der Waals surface area contributed by atoms with Crippen molar-refractivity contribution >= 4 is 10.0 Å². The highest BCUT2D eigenvalue weighted by Crippen LogP contribution is 2.18. The Hall–Kier alpha value is -0.920. The number of nitrogens with one attached hydrogen (secondary N) is 2. The largest absolute Gasteiger partial charge is 0.306 e. The van der Waals surface area contributed by atoms with E-state index >= 15 is 0 Å². The molecule has 2 heterocycles. The lowest BCUT2D eigenvalue weighted by Crippen LogP contribution is -2.48. The standard InChI is InChI=1S/C10H18N4O2S/c1-8-7-14(2)4-3-10(8)13-17(15,16)9-5-11-12-6-9/h5-6,8,10,13H,3-4,7H2,1-2H3,(H,11,12). The van der Waals surface area contributed by atoms with Crippen LogP contribution in [0.15, 0.2) is 17.3 Å². The Labute approximate surface area is 101 Å². The third kappa shape index (κ3) is 2.85. The van der Waals surface area contributed by atoms with Gasteiger partial charge in [-0.3, -0.25) is 5.10 Å². The van der Waals surface area contributed by atoms with Crippen LogP contribution < -0.4 is 4.72 Å². The predicted molar refractivity (Wildman–Crippen MR) is 64.0 cm³/mol. The lowest BCUT2D eigenvalue weighted by Gasteiger charge is -2.34. The van der Waals surface area contributed by atoms with Crippen molar-refractivity contribution in [3.63, 3.8) is 0 Å². The molecule has 0 aromatic carbocycles. The maximum absolute atomic E-state index is 12.0. The van der Waals surface area contributed by atoms with Gasteiger partial charge in [0.2, 0.25) is 10.0 Å². The van der Waals surface area contributed by atoms with E-state index < -0.39 is 10.0 Å². The molecule has 1 aliphatic heterocycles. The first kappa shape index (κ1) is 12.5. The van der Waals surface area contributed by atoms with Crippen LogP contribution in [0.4, 0.5) is 0 Å². The fourth-order valence-corrected chi connectivity index (χ4v) is 3.47. The average molecular weight is 258 g/mol. The van der Waals surface area contributed by atoms with E-state index in [4.69, 9.17) is 0 Å². The van der Waals surface area contributed by atoms with Crippen LogP contribution in [0.2, 0.25) is 0 Å². The third-order valence-corrected chi connectivity index (χ3v) is 4.66. The summed E-state index contributed by atoms with van der Waals surface area (Å²) in [6, 6.07) is 0.00565. The van der Waals surface area contributed by atoms with Gasteiger partial charge < -0.3 is 4.90 Å². The molecule has 7 heteroatoms. The monoisotopic (exact) mass is 258 g/mol. The van der Waals surface area contributed by atoms with Gasteiger partial charge in [0.1, 0.15) is 4.90 Å². The van der Waals surface area contributed by atoms with E-state index in [0.29, 0.717) is 5.92 Å². The summed E-state index contributed by atoms with van der Waals surface area (Å²) in [6.07, 6.45) is 3.55. The molecule has 1 aromatic heterocycles. The van der Waals surface area contributed by atoms with Gasteiger partial charge in [-0.2, -0.15) is 5.10 Å². The first-order valence-corrected chi connectivity index (χ1v) is 7.17. The van der Waals surface area contributed by atoms with Crippen LogP contribution in [0, 0.1) is 5.92 Å². The van der Waals surface area contributed by atoms with Gasteiger partial charge in [0.15, 0.2) is 0 Å². The number of aromatic amines is 1.